The number of nitrogens with zero attached hydrogens (tertiary/aromatic N) is 2. The van der Waals surface area contributed by atoms with E-state index in [2.05, 4.69) is 17.0 Å². The molecule has 2 bridgehead atoms. The van der Waals surface area contributed by atoms with Crippen LogP contribution in [0, 0.1) is 11.7 Å². The van der Waals surface area contributed by atoms with Gasteiger partial charge in [-0.25, -0.2) is 4.39 Å². The van der Waals surface area contributed by atoms with E-state index in [1.54, 1.807) is 12.1 Å². The van der Waals surface area contributed by atoms with Crippen molar-refractivity contribution in [2.45, 2.75) is 30.8 Å². The summed E-state index contributed by atoms with van der Waals surface area (Å²) in [6, 6.07) is 12.7. The summed E-state index contributed by atoms with van der Waals surface area (Å²) in [5.74, 6) is 1.87. The average Bonchev–Trinajstić information content (AvgIpc) is 3.39. The number of carbonyl (C=O) groups is 1. The molecular formula is C23H23FN2O3. The van der Waals surface area contributed by atoms with Gasteiger partial charge in [0.05, 0.1) is 6.04 Å². The lowest BCUT2D eigenvalue weighted by molar-refractivity contribution is -0.00342. The normalized spacial score (nSPS) is 31.8. The molecule has 5 nitrogen and oxygen atoms in total. The molecule has 0 radical (unpaired) electrons. The van der Waals surface area contributed by atoms with E-state index in [9.17, 15) is 9.18 Å². The Morgan fingerprint density at radius 2 is 1.83 bits per heavy atom. The summed E-state index contributed by atoms with van der Waals surface area (Å²) in [6.45, 7) is 3.09. The summed E-state index contributed by atoms with van der Waals surface area (Å²) in [5.41, 5.74) is 1.62. The average molecular weight is 394 g/mol. The molecule has 5 aliphatic rings. The van der Waals surface area contributed by atoms with Crippen LogP contribution in [-0.2, 0) is 0 Å². The Labute approximate surface area is 169 Å². The van der Waals surface area contributed by atoms with E-state index in [4.69, 9.17) is 9.47 Å². The molecule has 0 saturated carbocycles. The van der Waals surface area contributed by atoms with Crippen LogP contribution in [0.2, 0.25) is 0 Å². The summed E-state index contributed by atoms with van der Waals surface area (Å²) in [7, 11) is 0. The Bertz CT molecular complexity index is 972. The second-order valence-corrected chi connectivity index (χ2v) is 8.54. The number of rotatable bonds is 2. The van der Waals surface area contributed by atoms with Crippen molar-refractivity contribution in [2.24, 2.45) is 5.92 Å². The Kier molecular flexibility index (Phi) is 3.85. The first-order chi connectivity index (χ1) is 14.2. The second kappa shape index (κ2) is 6.46. The van der Waals surface area contributed by atoms with Crippen molar-refractivity contribution >= 4 is 5.91 Å². The Morgan fingerprint density at radius 1 is 1.00 bits per heavy atom. The largest absolute Gasteiger partial charge is 0.454 e. The van der Waals surface area contributed by atoms with Crippen LogP contribution >= 0.6 is 0 Å². The van der Waals surface area contributed by atoms with Crippen LogP contribution in [0.5, 0.6) is 11.5 Å². The lowest BCUT2D eigenvalue weighted by atomic mass is 9.75. The van der Waals surface area contributed by atoms with Gasteiger partial charge < -0.3 is 14.4 Å². The van der Waals surface area contributed by atoms with Gasteiger partial charge in [-0.05, 0) is 67.7 Å². The number of halogens is 1. The van der Waals surface area contributed by atoms with Gasteiger partial charge >= 0.3 is 0 Å². The molecule has 0 spiro atoms. The molecule has 150 valence electrons. The second-order valence-electron chi connectivity index (χ2n) is 8.54. The smallest absolute Gasteiger partial charge is 0.254 e. The van der Waals surface area contributed by atoms with Crippen LogP contribution in [-0.4, -0.2) is 54.2 Å². The third-order valence-corrected chi connectivity index (χ3v) is 7.15. The van der Waals surface area contributed by atoms with Crippen molar-refractivity contribution < 1.29 is 18.7 Å². The number of hydrogen-bond donors (Lipinski definition) is 0. The number of carbonyl (C=O) groups excluding carboxylic acids is 1. The lowest BCUT2D eigenvalue weighted by Crippen LogP contribution is -2.60. The van der Waals surface area contributed by atoms with Gasteiger partial charge in [-0.15, -0.1) is 0 Å². The SMILES string of the molecule is O=C(c1cccc(F)c1)N1C[C@@H](c2ccc3c(c2)OCO3)[C@@H]2[C@H]1C1CCN2CC1. The van der Waals surface area contributed by atoms with E-state index >= 15 is 0 Å². The van der Waals surface area contributed by atoms with Gasteiger partial charge in [0.15, 0.2) is 11.5 Å². The molecule has 5 aliphatic heterocycles. The first-order valence-electron chi connectivity index (χ1n) is 10.4. The summed E-state index contributed by atoms with van der Waals surface area (Å²) in [6.07, 6.45) is 2.25. The number of benzene rings is 2. The van der Waals surface area contributed by atoms with E-state index in [-0.39, 0.29) is 30.5 Å². The molecule has 0 aliphatic carbocycles. The van der Waals surface area contributed by atoms with Crippen LogP contribution in [0.15, 0.2) is 42.5 Å². The molecule has 0 unspecified atom stereocenters. The third kappa shape index (κ3) is 2.65. The fourth-order valence-corrected chi connectivity index (χ4v) is 5.88. The highest BCUT2D eigenvalue weighted by molar-refractivity contribution is 5.95. The minimum Gasteiger partial charge on any atom is -0.454 e. The molecule has 7 rings (SSSR count). The molecule has 2 aromatic rings. The highest BCUT2D eigenvalue weighted by atomic mass is 19.1. The number of ether oxygens (including phenoxy) is 2. The maximum atomic E-state index is 13.8. The van der Waals surface area contributed by atoms with Crippen molar-refractivity contribution in [2.75, 3.05) is 26.4 Å². The van der Waals surface area contributed by atoms with Crippen LogP contribution in [0.3, 0.4) is 0 Å². The molecular weight excluding hydrogens is 371 g/mol. The Hall–Kier alpha value is -2.60. The summed E-state index contributed by atoms with van der Waals surface area (Å²) >= 11 is 0. The molecule has 1 amide bonds. The number of likely N-dealkylation sites (tertiary alicyclic amines) is 1. The molecule has 0 aromatic heterocycles. The molecule has 4 saturated heterocycles. The predicted molar refractivity (Wildman–Crippen MR) is 105 cm³/mol. The number of hydrogen-bond acceptors (Lipinski definition) is 4. The quantitative estimate of drug-likeness (QED) is 0.784. The van der Waals surface area contributed by atoms with E-state index < -0.39 is 0 Å². The van der Waals surface area contributed by atoms with Crippen LogP contribution < -0.4 is 9.47 Å². The highest BCUT2D eigenvalue weighted by Crippen LogP contribution is 2.48. The van der Waals surface area contributed by atoms with Crippen molar-refractivity contribution in [3.8, 4) is 11.5 Å². The molecule has 4 fully saturated rings. The first-order valence-corrected chi connectivity index (χ1v) is 10.4. The Balaban J connectivity index is 1.38. The zero-order chi connectivity index (χ0) is 19.5. The minimum absolute atomic E-state index is 0.0588. The maximum Gasteiger partial charge on any atom is 0.254 e. The Morgan fingerprint density at radius 3 is 2.66 bits per heavy atom. The summed E-state index contributed by atoms with van der Waals surface area (Å²) < 4.78 is 24.8. The summed E-state index contributed by atoms with van der Waals surface area (Å²) in [5, 5.41) is 0. The first kappa shape index (κ1) is 17.3. The van der Waals surface area contributed by atoms with Gasteiger partial charge in [-0.3, -0.25) is 9.69 Å². The standard InChI is InChI=1S/C23H23FN2O3/c24-17-3-1-2-16(10-17)23(27)26-12-18(15-4-5-19-20(11-15)29-13-28-19)22-21(26)14-6-8-25(22)9-7-14/h1-5,10-11,14,18,21-22H,6-9,12-13H2/t18-,21+,22+/m0/s1. The zero-order valence-electron chi connectivity index (χ0n) is 16.1. The fourth-order valence-electron chi connectivity index (χ4n) is 5.88. The number of amides is 1. The zero-order valence-corrected chi connectivity index (χ0v) is 16.1. The lowest BCUT2D eigenvalue weighted by Gasteiger charge is -2.51. The molecule has 5 heterocycles. The van der Waals surface area contributed by atoms with Crippen molar-refractivity contribution in [3.63, 3.8) is 0 Å². The van der Waals surface area contributed by atoms with Crippen molar-refractivity contribution in [1.82, 2.24) is 9.80 Å². The number of fused-ring (bicyclic) bond motifs is 3. The van der Waals surface area contributed by atoms with Gasteiger partial charge in [-0.1, -0.05) is 12.1 Å². The van der Waals surface area contributed by atoms with Gasteiger partial charge in [0, 0.05) is 24.1 Å². The van der Waals surface area contributed by atoms with Crippen LogP contribution in [0.4, 0.5) is 4.39 Å². The van der Waals surface area contributed by atoms with E-state index in [1.165, 1.54) is 17.7 Å². The topological polar surface area (TPSA) is 42.0 Å². The molecule has 3 atom stereocenters. The third-order valence-electron chi connectivity index (χ3n) is 7.15. The van der Waals surface area contributed by atoms with Crippen molar-refractivity contribution in [3.05, 3.63) is 59.4 Å². The van der Waals surface area contributed by atoms with Gasteiger partial charge in [0.2, 0.25) is 6.79 Å². The minimum atomic E-state index is -0.368. The predicted octanol–water partition coefficient (Wildman–Crippen LogP) is 3.26. The van der Waals surface area contributed by atoms with Crippen molar-refractivity contribution in [1.29, 1.82) is 0 Å². The van der Waals surface area contributed by atoms with E-state index in [1.807, 2.05) is 11.0 Å². The van der Waals surface area contributed by atoms with E-state index in [0.29, 0.717) is 24.1 Å². The number of piperidine rings is 3. The van der Waals surface area contributed by atoms with Crippen LogP contribution in [0.1, 0.15) is 34.7 Å². The maximum absolute atomic E-state index is 13.8. The van der Waals surface area contributed by atoms with Gasteiger partial charge in [0.25, 0.3) is 5.91 Å². The molecule has 29 heavy (non-hydrogen) atoms. The van der Waals surface area contributed by atoms with E-state index in [0.717, 1.165) is 37.4 Å². The van der Waals surface area contributed by atoms with Gasteiger partial charge in [-0.2, -0.15) is 0 Å². The molecule has 2 aromatic carbocycles. The van der Waals surface area contributed by atoms with Crippen LogP contribution in [0.25, 0.3) is 0 Å². The highest BCUT2D eigenvalue weighted by Gasteiger charge is 2.54. The molecule has 6 heteroatoms. The fraction of sp³-hybridized carbons (Fsp3) is 0.435. The molecule has 0 N–H and O–H groups in total. The monoisotopic (exact) mass is 394 g/mol. The summed E-state index contributed by atoms with van der Waals surface area (Å²) in [4.78, 5) is 18.0. The van der Waals surface area contributed by atoms with Gasteiger partial charge in [0.1, 0.15) is 5.82 Å².